The van der Waals surface area contributed by atoms with Crippen molar-refractivity contribution in [1.82, 2.24) is 4.90 Å². The summed E-state index contributed by atoms with van der Waals surface area (Å²) in [6.07, 6.45) is 1.74. The second kappa shape index (κ2) is 4.92. The van der Waals surface area contributed by atoms with Crippen molar-refractivity contribution in [2.45, 2.75) is 31.4 Å². The van der Waals surface area contributed by atoms with E-state index in [0.717, 1.165) is 32.5 Å². The number of methoxy groups -OCH3 is 1. The molecule has 0 aromatic heterocycles. The van der Waals surface area contributed by atoms with Crippen LogP contribution in [0.25, 0.3) is 0 Å². The van der Waals surface area contributed by atoms with Crippen molar-refractivity contribution in [3.8, 4) is 0 Å². The molecule has 0 radical (unpaired) electrons. The van der Waals surface area contributed by atoms with Gasteiger partial charge in [-0.25, -0.2) is 0 Å². The molecule has 2 N–H and O–H groups in total. The smallest absolute Gasteiger partial charge is 0.313 e. The molecule has 0 amide bonds. The number of ether oxygens (including phenoxy) is 2. The van der Waals surface area contributed by atoms with Crippen LogP contribution in [0, 0.1) is 5.92 Å². The van der Waals surface area contributed by atoms with Gasteiger partial charge in [-0.3, -0.25) is 4.79 Å². The van der Waals surface area contributed by atoms with E-state index in [4.69, 9.17) is 15.2 Å². The number of nitrogens with zero attached hydrogens (tertiary/aromatic N) is 1. The molecule has 0 bridgehead atoms. The number of hydrogen-bond donors (Lipinski definition) is 1. The first-order valence-electron chi connectivity index (χ1n) is 6.32. The van der Waals surface area contributed by atoms with Gasteiger partial charge in [0.15, 0.2) is 0 Å². The molecule has 0 aliphatic carbocycles. The van der Waals surface area contributed by atoms with Crippen LogP contribution in [0.3, 0.4) is 0 Å². The zero-order valence-corrected chi connectivity index (χ0v) is 10.6. The molecule has 1 spiro atoms. The highest BCUT2D eigenvalue weighted by atomic mass is 16.5. The topological polar surface area (TPSA) is 64.8 Å². The number of carbonyl (C=O) groups excluding carboxylic acids is 1. The number of esters is 1. The van der Waals surface area contributed by atoms with E-state index in [9.17, 15) is 4.79 Å². The van der Waals surface area contributed by atoms with E-state index in [1.165, 1.54) is 7.11 Å². The van der Waals surface area contributed by atoms with Gasteiger partial charge in [-0.15, -0.1) is 0 Å². The summed E-state index contributed by atoms with van der Waals surface area (Å²) >= 11 is 0. The largest absolute Gasteiger partial charge is 0.469 e. The minimum Gasteiger partial charge on any atom is -0.469 e. The minimum atomic E-state index is -0.377. The van der Waals surface area contributed by atoms with Gasteiger partial charge in [0.1, 0.15) is 5.92 Å². The van der Waals surface area contributed by atoms with Crippen molar-refractivity contribution in [2.24, 2.45) is 11.7 Å². The summed E-state index contributed by atoms with van der Waals surface area (Å²) in [4.78, 5) is 14.2. The van der Waals surface area contributed by atoms with Gasteiger partial charge < -0.3 is 20.1 Å². The van der Waals surface area contributed by atoms with E-state index in [0.29, 0.717) is 6.61 Å². The number of rotatable bonds is 2. The van der Waals surface area contributed by atoms with Crippen molar-refractivity contribution in [2.75, 3.05) is 33.4 Å². The number of piperidine rings is 1. The third-order valence-electron chi connectivity index (χ3n) is 4.16. The van der Waals surface area contributed by atoms with E-state index in [-0.39, 0.29) is 23.5 Å². The first kappa shape index (κ1) is 12.8. The summed E-state index contributed by atoms with van der Waals surface area (Å²) < 4.78 is 10.7. The second-order valence-corrected chi connectivity index (χ2v) is 4.97. The van der Waals surface area contributed by atoms with E-state index in [2.05, 4.69) is 11.8 Å². The van der Waals surface area contributed by atoms with Gasteiger partial charge in [0.2, 0.25) is 0 Å². The Labute approximate surface area is 102 Å². The number of nitrogens with two attached hydrogens (primary N) is 1. The van der Waals surface area contributed by atoms with Gasteiger partial charge >= 0.3 is 5.97 Å². The minimum absolute atomic E-state index is 0.222. The van der Waals surface area contributed by atoms with Gasteiger partial charge in [-0.1, -0.05) is 6.92 Å². The fraction of sp³-hybridized carbons (Fsp3) is 0.917. The lowest BCUT2D eigenvalue weighted by molar-refractivity contribution is -0.155. The molecule has 0 saturated carbocycles. The fourth-order valence-electron chi connectivity index (χ4n) is 3.06. The molecule has 2 rings (SSSR count). The third kappa shape index (κ3) is 2.19. The molecule has 2 unspecified atom stereocenters. The molecule has 5 nitrogen and oxygen atoms in total. The lowest BCUT2D eigenvalue weighted by Gasteiger charge is -2.41. The predicted octanol–water partition coefficient (Wildman–Crippen LogP) is -0.0124. The summed E-state index contributed by atoms with van der Waals surface area (Å²) in [5.41, 5.74) is 5.61. The van der Waals surface area contributed by atoms with Crippen LogP contribution in [0.5, 0.6) is 0 Å². The zero-order valence-electron chi connectivity index (χ0n) is 10.6. The van der Waals surface area contributed by atoms with Gasteiger partial charge in [-0.2, -0.15) is 0 Å². The second-order valence-electron chi connectivity index (χ2n) is 4.97. The molecule has 0 aromatic carbocycles. The van der Waals surface area contributed by atoms with Crippen LogP contribution in [0.2, 0.25) is 0 Å². The number of likely N-dealkylation sites (tertiary alicyclic amines) is 1. The first-order valence-corrected chi connectivity index (χ1v) is 6.32. The Morgan fingerprint density at radius 2 is 2.18 bits per heavy atom. The van der Waals surface area contributed by atoms with Gasteiger partial charge in [0, 0.05) is 19.1 Å². The molecular formula is C12H22N2O3. The van der Waals surface area contributed by atoms with Crippen LogP contribution in [-0.4, -0.2) is 55.9 Å². The summed E-state index contributed by atoms with van der Waals surface area (Å²) in [7, 11) is 1.42. The highest BCUT2D eigenvalue weighted by Crippen LogP contribution is 2.40. The van der Waals surface area contributed by atoms with Crippen molar-refractivity contribution in [1.29, 1.82) is 0 Å². The molecule has 0 aromatic rings. The molecular weight excluding hydrogens is 220 g/mol. The number of hydrogen-bond acceptors (Lipinski definition) is 5. The summed E-state index contributed by atoms with van der Waals surface area (Å²) in [6, 6.07) is -0.226. The summed E-state index contributed by atoms with van der Waals surface area (Å²) in [6.45, 7) is 5.60. The molecule has 2 atom stereocenters. The van der Waals surface area contributed by atoms with E-state index < -0.39 is 0 Å². The third-order valence-corrected chi connectivity index (χ3v) is 4.16. The Hall–Kier alpha value is -0.650. The maximum atomic E-state index is 11.9. The van der Waals surface area contributed by atoms with E-state index in [1.807, 2.05) is 0 Å². The normalized spacial score (nSPS) is 32.9. The standard InChI is InChI=1S/C12H22N2O3/c1-3-14-6-4-12(5-7-14)10(11(15)16-2)9(13)8-17-12/h9-10H,3-8,13H2,1-2H3. The maximum absolute atomic E-state index is 11.9. The average molecular weight is 242 g/mol. The first-order chi connectivity index (χ1) is 8.13. The molecule has 17 heavy (non-hydrogen) atoms. The highest BCUT2D eigenvalue weighted by molar-refractivity contribution is 5.75. The van der Waals surface area contributed by atoms with Crippen molar-refractivity contribution in [3.05, 3.63) is 0 Å². The lowest BCUT2D eigenvalue weighted by Crippen LogP contribution is -2.52. The van der Waals surface area contributed by atoms with Crippen molar-refractivity contribution < 1.29 is 14.3 Å². The average Bonchev–Trinajstić information content (AvgIpc) is 2.67. The van der Waals surface area contributed by atoms with Crippen LogP contribution < -0.4 is 5.73 Å². The molecule has 98 valence electrons. The van der Waals surface area contributed by atoms with Crippen LogP contribution in [0.4, 0.5) is 0 Å². The highest BCUT2D eigenvalue weighted by Gasteiger charge is 2.53. The molecule has 2 saturated heterocycles. The summed E-state index contributed by atoms with van der Waals surface area (Å²) in [5.74, 6) is -0.522. The van der Waals surface area contributed by atoms with E-state index >= 15 is 0 Å². The van der Waals surface area contributed by atoms with Crippen LogP contribution in [0.1, 0.15) is 19.8 Å². The van der Waals surface area contributed by atoms with Gasteiger partial charge in [0.05, 0.1) is 19.3 Å². The van der Waals surface area contributed by atoms with Crippen molar-refractivity contribution >= 4 is 5.97 Å². The van der Waals surface area contributed by atoms with Crippen LogP contribution >= 0.6 is 0 Å². The zero-order chi connectivity index (χ0) is 12.5. The van der Waals surface area contributed by atoms with Crippen molar-refractivity contribution in [3.63, 3.8) is 0 Å². The fourth-order valence-corrected chi connectivity index (χ4v) is 3.06. The Balaban J connectivity index is 2.11. The van der Waals surface area contributed by atoms with E-state index in [1.54, 1.807) is 0 Å². The lowest BCUT2D eigenvalue weighted by atomic mass is 9.78. The summed E-state index contributed by atoms with van der Waals surface area (Å²) in [5, 5.41) is 0. The quantitative estimate of drug-likeness (QED) is 0.690. The Kier molecular flexibility index (Phi) is 3.70. The Bertz CT molecular complexity index is 287. The monoisotopic (exact) mass is 242 g/mol. The number of carbonyl (C=O) groups is 1. The molecule has 2 aliphatic heterocycles. The molecule has 2 aliphatic rings. The van der Waals surface area contributed by atoms with Gasteiger partial charge in [0.25, 0.3) is 0 Å². The molecule has 2 heterocycles. The molecule has 2 fully saturated rings. The molecule has 5 heteroatoms. The van der Waals surface area contributed by atoms with Gasteiger partial charge in [-0.05, 0) is 19.4 Å². The Morgan fingerprint density at radius 3 is 2.71 bits per heavy atom. The predicted molar refractivity (Wildman–Crippen MR) is 63.5 cm³/mol. The maximum Gasteiger partial charge on any atom is 0.313 e. The Morgan fingerprint density at radius 1 is 1.53 bits per heavy atom. The van der Waals surface area contributed by atoms with Crippen LogP contribution in [-0.2, 0) is 14.3 Å². The SMILES string of the molecule is CCN1CCC2(CC1)OCC(N)C2C(=O)OC. The van der Waals surface area contributed by atoms with Crippen LogP contribution in [0.15, 0.2) is 0 Å².